The summed E-state index contributed by atoms with van der Waals surface area (Å²) in [6.07, 6.45) is 0.603. The molecule has 1 heterocycles. The molecule has 0 aromatic carbocycles. The monoisotopic (exact) mass is 215 g/mol. The van der Waals surface area contributed by atoms with Crippen molar-refractivity contribution in [3.63, 3.8) is 0 Å². The van der Waals surface area contributed by atoms with E-state index in [1.807, 2.05) is 6.92 Å². The third-order valence-electron chi connectivity index (χ3n) is 1.80. The molecule has 0 spiro atoms. The van der Waals surface area contributed by atoms with Gasteiger partial charge in [-0.2, -0.15) is 0 Å². The van der Waals surface area contributed by atoms with Gasteiger partial charge in [-0.05, 0) is 6.42 Å². The molecule has 6 heteroatoms. The highest BCUT2D eigenvalue weighted by Crippen LogP contribution is 1.95. The van der Waals surface area contributed by atoms with Gasteiger partial charge in [0.15, 0.2) is 0 Å². The van der Waals surface area contributed by atoms with Gasteiger partial charge in [-0.1, -0.05) is 18.3 Å². The van der Waals surface area contributed by atoms with E-state index in [1.54, 1.807) is 5.38 Å². The third kappa shape index (κ3) is 2.97. The predicted octanol–water partition coefficient (Wildman–Crippen LogP) is -0.210. The minimum atomic E-state index is -0.472. The minimum absolute atomic E-state index is 0.117. The summed E-state index contributed by atoms with van der Waals surface area (Å²) in [6, 6.07) is -0.472. The van der Waals surface area contributed by atoms with Gasteiger partial charge in [0.1, 0.15) is 0 Å². The first-order chi connectivity index (χ1) is 6.63. The number of nitrogens with one attached hydrogen (secondary N) is 2. The van der Waals surface area contributed by atoms with Crippen LogP contribution in [0.1, 0.15) is 19.0 Å². The van der Waals surface area contributed by atoms with Crippen LogP contribution in [0.15, 0.2) is 10.2 Å². The van der Waals surface area contributed by atoms with Gasteiger partial charge in [0.2, 0.25) is 5.91 Å². The number of rotatable bonds is 4. The van der Waals surface area contributed by atoms with Crippen molar-refractivity contribution >= 4 is 17.2 Å². The second-order valence-corrected chi connectivity index (χ2v) is 3.75. The Morgan fingerprint density at radius 2 is 2.50 bits per heavy atom. The molecule has 1 aromatic heterocycles. The summed E-state index contributed by atoms with van der Waals surface area (Å²) in [5.74, 6) is -0.195. The number of hydrogen-bond donors (Lipinski definition) is 3. The zero-order valence-electron chi connectivity index (χ0n) is 7.87. The highest BCUT2D eigenvalue weighted by molar-refractivity contribution is 7.07. The number of nitrogens with two attached hydrogens (primary N) is 1. The Labute approximate surface area is 85.3 Å². The lowest BCUT2D eigenvalue weighted by atomic mass is 10.2. The van der Waals surface area contributed by atoms with E-state index in [0.29, 0.717) is 18.7 Å². The Balaban J connectivity index is 2.41. The molecule has 0 bridgehead atoms. The first kappa shape index (κ1) is 10.9. The van der Waals surface area contributed by atoms with Gasteiger partial charge in [-0.3, -0.25) is 9.59 Å². The second kappa shape index (κ2) is 4.92. The number of H-pyrrole nitrogens is 1. The van der Waals surface area contributed by atoms with Crippen molar-refractivity contribution in [2.24, 2.45) is 5.73 Å². The molecule has 0 unspecified atom stereocenters. The molecule has 0 fully saturated rings. The summed E-state index contributed by atoms with van der Waals surface area (Å²) in [7, 11) is 0. The van der Waals surface area contributed by atoms with Crippen molar-refractivity contribution in [3.8, 4) is 0 Å². The second-order valence-electron chi connectivity index (χ2n) is 2.91. The van der Waals surface area contributed by atoms with Crippen LogP contribution in [0, 0.1) is 0 Å². The quantitative estimate of drug-likeness (QED) is 0.649. The van der Waals surface area contributed by atoms with E-state index in [4.69, 9.17) is 5.73 Å². The molecule has 0 aliphatic carbocycles. The lowest BCUT2D eigenvalue weighted by Crippen LogP contribution is -2.39. The summed E-state index contributed by atoms with van der Waals surface area (Å²) >= 11 is 1.08. The Morgan fingerprint density at radius 1 is 1.79 bits per heavy atom. The molecular formula is C8H13N3O2S. The number of amides is 1. The van der Waals surface area contributed by atoms with Crippen molar-refractivity contribution in [3.05, 3.63) is 20.7 Å². The number of aromatic nitrogens is 1. The maximum absolute atomic E-state index is 11.2. The number of thiazole rings is 1. The molecule has 4 N–H and O–H groups in total. The summed E-state index contributed by atoms with van der Waals surface area (Å²) in [5.41, 5.74) is 6.21. The van der Waals surface area contributed by atoms with Gasteiger partial charge in [0, 0.05) is 11.1 Å². The van der Waals surface area contributed by atoms with Crippen LogP contribution >= 0.6 is 11.3 Å². The zero-order chi connectivity index (χ0) is 10.6. The lowest BCUT2D eigenvalue weighted by Gasteiger charge is -2.08. The number of carbonyl (C=O) groups excluding carboxylic acids is 1. The minimum Gasteiger partial charge on any atom is -0.349 e. The average Bonchev–Trinajstić information content (AvgIpc) is 2.59. The molecule has 1 aromatic rings. The van der Waals surface area contributed by atoms with Crippen LogP contribution in [0.3, 0.4) is 0 Å². The molecule has 5 nitrogen and oxygen atoms in total. The summed E-state index contributed by atoms with van der Waals surface area (Å²) in [5, 5.41) is 4.32. The van der Waals surface area contributed by atoms with Crippen molar-refractivity contribution < 1.29 is 4.79 Å². The third-order valence-corrected chi connectivity index (χ3v) is 2.52. The zero-order valence-corrected chi connectivity index (χ0v) is 8.69. The first-order valence-electron chi connectivity index (χ1n) is 4.33. The van der Waals surface area contributed by atoms with Crippen LogP contribution in [-0.2, 0) is 11.3 Å². The van der Waals surface area contributed by atoms with Crippen LogP contribution < -0.4 is 15.9 Å². The van der Waals surface area contributed by atoms with Gasteiger partial charge in [-0.25, -0.2) is 0 Å². The van der Waals surface area contributed by atoms with E-state index in [2.05, 4.69) is 10.3 Å². The Bertz CT molecular complexity index is 357. The molecule has 1 amide bonds. The molecule has 78 valence electrons. The lowest BCUT2D eigenvalue weighted by molar-refractivity contribution is -0.122. The number of hydrogen-bond acceptors (Lipinski definition) is 4. The molecular weight excluding hydrogens is 202 g/mol. The highest BCUT2D eigenvalue weighted by Gasteiger charge is 2.10. The smallest absolute Gasteiger partial charge is 0.304 e. The molecule has 1 atom stereocenters. The Kier molecular flexibility index (Phi) is 3.84. The Hall–Kier alpha value is -1.14. The fraction of sp³-hybridized carbons (Fsp3) is 0.500. The fourth-order valence-corrected chi connectivity index (χ4v) is 1.48. The molecule has 0 aliphatic rings. The van der Waals surface area contributed by atoms with Crippen molar-refractivity contribution in [2.45, 2.75) is 25.9 Å². The van der Waals surface area contributed by atoms with Gasteiger partial charge >= 0.3 is 4.87 Å². The summed E-state index contributed by atoms with van der Waals surface area (Å²) < 4.78 is 0. The van der Waals surface area contributed by atoms with Gasteiger partial charge < -0.3 is 16.0 Å². The van der Waals surface area contributed by atoms with E-state index in [0.717, 1.165) is 11.3 Å². The average molecular weight is 215 g/mol. The first-order valence-corrected chi connectivity index (χ1v) is 5.21. The molecule has 0 saturated heterocycles. The Morgan fingerprint density at radius 3 is 3.00 bits per heavy atom. The van der Waals surface area contributed by atoms with Crippen LogP contribution in [0.2, 0.25) is 0 Å². The van der Waals surface area contributed by atoms with Gasteiger partial charge in [-0.15, -0.1) is 0 Å². The van der Waals surface area contributed by atoms with E-state index in [9.17, 15) is 9.59 Å². The van der Waals surface area contributed by atoms with Crippen molar-refractivity contribution in [1.29, 1.82) is 0 Å². The summed E-state index contributed by atoms with van der Waals surface area (Å²) in [6.45, 7) is 2.17. The standard InChI is InChI=1S/C8H13N3O2S/c1-2-6(9)7(12)10-3-5-4-14-8(13)11-5/h4,6H,2-3,9H2,1H3,(H,10,12)(H,11,13)/t6-/m1/s1. The highest BCUT2D eigenvalue weighted by atomic mass is 32.1. The van der Waals surface area contributed by atoms with Crippen molar-refractivity contribution in [1.82, 2.24) is 10.3 Å². The van der Waals surface area contributed by atoms with Crippen LogP contribution in [0.25, 0.3) is 0 Å². The largest absolute Gasteiger partial charge is 0.349 e. The normalized spacial score (nSPS) is 12.4. The van der Waals surface area contributed by atoms with Crippen molar-refractivity contribution in [2.75, 3.05) is 0 Å². The fourth-order valence-electron chi connectivity index (χ4n) is 0.899. The van der Waals surface area contributed by atoms with E-state index < -0.39 is 6.04 Å². The van der Waals surface area contributed by atoms with Crippen LogP contribution in [-0.4, -0.2) is 16.9 Å². The maximum Gasteiger partial charge on any atom is 0.304 e. The van der Waals surface area contributed by atoms with Crippen LogP contribution in [0.5, 0.6) is 0 Å². The number of carbonyl (C=O) groups is 1. The number of aromatic amines is 1. The SMILES string of the molecule is CC[C@@H](N)C(=O)NCc1csc(=O)[nH]1. The predicted molar refractivity (Wildman–Crippen MR) is 55.1 cm³/mol. The molecule has 0 saturated carbocycles. The molecule has 1 rings (SSSR count). The van der Waals surface area contributed by atoms with Crippen LogP contribution in [0.4, 0.5) is 0 Å². The molecule has 14 heavy (non-hydrogen) atoms. The van der Waals surface area contributed by atoms with E-state index in [-0.39, 0.29) is 10.8 Å². The van der Waals surface area contributed by atoms with E-state index in [1.165, 1.54) is 0 Å². The van der Waals surface area contributed by atoms with Gasteiger partial charge in [0.25, 0.3) is 0 Å². The van der Waals surface area contributed by atoms with E-state index >= 15 is 0 Å². The summed E-state index contributed by atoms with van der Waals surface area (Å²) in [4.78, 5) is 24.5. The maximum atomic E-state index is 11.2. The molecule has 0 aliphatic heterocycles. The topological polar surface area (TPSA) is 88.0 Å². The molecule has 0 radical (unpaired) electrons. The van der Waals surface area contributed by atoms with Gasteiger partial charge in [0.05, 0.1) is 12.6 Å².